The van der Waals surface area contributed by atoms with Gasteiger partial charge in [-0.1, -0.05) is 18.6 Å². The fourth-order valence-corrected chi connectivity index (χ4v) is 2.55. The first kappa shape index (κ1) is 15.0. The highest BCUT2D eigenvalue weighted by atomic mass is 16.5. The molecule has 1 saturated heterocycles. The summed E-state index contributed by atoms with van der Waals surface area (Å²) in [6, 6.07) is 8.12. The Balaban J connectivity index is 1.69. The van der Waals surface area contributed by atoms with Crippen LogP contribution < -0.4 is 4.74 Å². The van der Waals surface area contributed by atoms with Crippen LogP contribution in [0, 0.1) is 0 Å². The van der Waals surface area contributed by atoms with Gasteiger partial charge in [0.2, 0.25) is 0 Å². The standard InChI is InChI=1S/C17H25NO2/c1-15(19)5-6-16-7-9-17(10-8-16)20-14-13-18-11-3-2-4-12-18/h7-10H,2-6,11-14H2,1H3. The number of benzene rings is 1. The van der Waals surface area contributed by atoms with Gasteiger partial charge in [0, 0.05) is 13.0 Å². The molecule has 1 aliphatic rings. The van der Waals surface area contributed by atoms with Crippen LogP contribution in [0.25, 0.3) is 0 Å². The lowest BCUT2D eigenvalue weighted by Crippen LogP contribution is -2.33. The van der Waals surface area contributed by atoms with Gasteiger partial charge in [-0.2, -0.15) is 0 Å². The van der Waals surface area contributed by atoms with Crippen molar-refractivity contribution in [3.63, 3.8) is 0 Å². The lowest BCUT2D eigenvalue weighted by Gasteiger charge is -2.26. The van der Waals surface area contributed by atoms with Crippen molar-refractivity contribution in [2.24, 2.45) is 0 Å². The summed E-state index contributed by atoms with van der Waals surface area (Å²) in [5.41, 5.74) is 1.20. The van der Waals surface area contributed by atoms with Crippen molar-refractivity contribution in [3.8, 4) is 5.75 Å². The van der Waals surface area contributed by atoms with Crippen LogP contribution >= 0.6 is 0 Å². The summed E-state index contributed by atoms with van der Waals surface area (Å²) in [5.74, 6) is 1.17. The molecule has 3 heteroatoms. The van der Waals surface area contributed by atoms with Crippen molar-refractivity contribution in [3.05, 3.63) is 29.8 Å². The largest absolute Gasteiger partial charge is 0.492 e. The highest BCUT2D eigenvalue weighted by molar-refractivity contribution is 5.75. The van der Waals surface area contributed by atoms with E-state index in [0.717, 1.165) is 25.3 Å². The van der Waals surface area contributed by atoms with Gasteiger partial charge < -0.3 is 9.53 Å². The first-order chi connectivity index (χ1) is 9.74. The maximum absolute atomic E-state index is 10.9. The van der Waals surface area contributed by atoms with Crippen LogP contribution in [0.5, 0.6) is 5.75 Å². The molecule has 20 heavy (non-hydrogen) atoms. The third kappa shape index (κ3) is 5.33. The van der Waals surface area contributed by atoms with Crippen molar-refractivity contribution in [2.45, 2.75) is 39.0 Å². The minimum absolute atomic E-state index is 0.242. The van der Waals surface area contributed by atoms with Gasteiger partial charge >= 0.3 is 0 Å². The van der Waals surface area contributed by atoms with E-state index in [1.54, 1.807) is 6.92 Å². The summed E-state index contributed by atoms with van der Waals surface area (Å²) in [5, 5.41) is 0. The molecule has 1 fully saturated rings. The van der Waals surface area contributed by atoms with Crippen LogP contribution in [0.15, 0.2) is 24.3 Å². The SMILES string of the molecule is CC(=O)CCc1ccc(OCCN2CCCCC2)cc1. The molecule has 0 aromatic heterocycles. The van der Waals surface area contributed by atoms with Gasteiger partial charge in [-0.3, -0.25) is 4.90 Å². The number of Topliss-reactive ketones (excluding diaryl/α,β-unsaturated/α-hetero) is 1. The fourth-order valence-electron chi connectivity index (χ4n) is 2.55. The molecule has 1 aliphatic heterocycles. The van der Waals surface area contributed by atoms with Crippen LogP contribution in [0.3, 0.4) is 0 Å². The average Bonchev–Trinajstić information content (AvgIpc) is 2.47. The van der Waals surface area contributed by atoms with Crippen molar-refractivity contribution in [2.75, 3.05) is 26.2 Å². The zero-order valence-electron chi connectivity index (χ0n) is 12.4. The van der Waals surface area contributed by atoms with Crippen molar-refractivity contribution in [1.82, 2.24) is 4.90 Å². The second-order valence-electron chi connectivity index (χ2n) is 5.60. The number of piperidine rings is 1. The molecular weight excluding hydrogens is 250 g/mol. The highest BCUT2D eigenvalue weighted by Crippen LogP contribution is 2.14. The van der Waals surface area contributed by atoms with Gasteiger partial charge in [-0.15, -0.1) is 0 Å². The summed E-state index contributed by atoms with van der Waals surface area (Å²) in [4.78, 5) is 13.4. The van der Waals surface area contributed by atoms with E-state index in [2.05, 4.69) is 17.0 Å². The summed E-state index contributed by atoms with van der Waals surface area (Å²) in [6.07, 6.45) is 5.47. The topological polar surface area (TPSA) is 29.5 Å². The van der Waals surface area contributed by atoms with Gasteiger partial charge in [0.25, 0.3) is 0 Å². The molecule has 0 amide bonds. The lowest BCUT2D eigenvalue weighted by molar-refractivity contribution is -0.116. The Morgan fingerprint density at radius 3 is 2.50 bits per heavy atom. The Morgan fingerprint density at radius 2 is 1.85 bits per heavy atom. The summed E-state index contributed by atoms with van der Waals surface area (Å²) < 4.78 is 5.78. The normalized spacial score (nSPS) is 16.1. The van der Waals surface area contributed by atoms with Crippen molar-refractivity contribution < 1.29 is 9.53 Å². The summed E-state index contributed by atoms with van der Waals surface area (Å²) >= 11 is 0. The molecule has 1 aromatic carbocycles. The van der Waals surface area contributed by atoms with Crippen LogP contribution in [-0.2, 0) is 11.2 Å². The molecule has 2 rings (SSSR count). The highest BCUT2D eigenvalue weighted by Gasteiger charge is 2.09. The first-order valence-corrected chi connectivity index (χ1v) is 7.67. The number of carbonyl (C=O) groups excluding carboxylic acids is 1. The summed E-state index contributed by atoms with van der Waals surface area (Å²) in [7, 11) is 0. The number of ketones is 1. The molecule has 1 aromatic rings. The van der Waals surface area contributed by atoms with Gasteiger partial charge in [-0.05, 0) is 57.0 Å². The number of hydrogen-bond donors (Lipinski definition) is 0. The van der Waals surface area contributed by atoms with Crippen molar-refractivity contribution in [1.29, 1.82) is 0 Å². The van der Waals surface area contributed by atoms with Crippen molar-refractivity contribution >= 4 is 5.78 Å². The first-order valence-electron chi connectivity index (χ1n) is 7.67. The van der Waals surface area contributed by atoms with Gasteiger partial charge in [0.1, 0.15) is 18.1 Å². The number of carbonyl (C=O) groups is 1. The molecule has 0 spiro atoms. The smallest absolute Gasteiger partial charge is 0.130 e. The molecule has 0 radical (unpaired) electrons. The van der Waals surface area contributed by atoms with E-state index < -0.39 is 0 Å². The second kappa shape index (κ2) is 8.05. The van der Waals surface area contributed by atoms with Crippen LogP contribution in [0.1, 0.15) is 38.2 Å². The predicted molar refractivity (Wildman–Crippen MR) is 81.2 cm³/mol. The minimum Gasteiger partial charge on any atom is -0.492 e. The van der Waals surface area contributed by atoms with Crippen LogP contribution in [-0.4, -0.2) is 36.9 Å². The van der Waals surface area contributed by atoms with Gasteiger partial charge in [-0.25, -0.2) is 0 Å². The Morgan fingerprint density at radius 1 is 1.15 bits per heavy atom. The van der Waals surface area contributed by atoms with E-state index in [9.17, 15) is 4.79 Å². The van der Waals surface area contributed by atoms with Crippen LogP contribution in [0.4, 0.5) is 0 Å². The second-order valence-corrected chi connectivity index (χ2v) is 5.60. The third-order valence-corrected chi connectivity index (χ3v) is 3.81. The zero-order chi connectivity index (χ0) is 14.2. The molecule has 1 heterocycles. The molecule has 0 bridgehead atoms. The molecule has 110 valence electrons. The Labute approximate surface area is 121 Å². The summed E-state index contributed by atoms with van der Waals surface area (Å²) in [6.45, 7) is 5.84. The van der Waals surface area contributed by atoms with E-state index in [-0.39, 0.29) is 5.78 Å². The maximum Gasteiger partial charge on any atom is 0.130 e. The molecule has 0 N–H and O–H groups in total. The number of nitrogens with zero attached hydrogens (tertiary/aromatic N) is 1. The van der Waals surface area contributed by atoms with E-state index >= 15 is 0 Å². The number of rotatable bonds is 7. The number of likely N-dealkylation sites (tertiary alicyclic amines) is 1. The van der Waals surface area contributed by atoms with E-state index in [0.29, 0.717) is 6.42 Å². The molecule has 0 unspecified atom stereocenters. The fraction of sp³-hybridized carbons (Fsp3) is 0.588. The molecule has 3 nitrogen and oxygen atoms in total. The Kier molecular flexibility index (Phi) is 6.06. The molecule has 0 atom stereocenters. The number of aryl methyl sites for hydroxylation is 1. The minimum atomic E-state index is 0.242. The zero-order valence-corrected chi connectivity index (χ0v) is 12.4. The monoisotopic (exact) mass is 275 g/mol. The van der Waals surface area contributed by atoms with Gasteiger partial charge in [0.05, 0.1) is 0 Å². The van der Waals surface area contributed by atoms with E-state index in [1.165, 1.54) is 37.9 Å². The van der Waals surface area contributed by atoms with Gasteiger partial charge in [0.15, 0.2) is 0 Å². The van der Waals surface area contributed by atoms with E-state index in [1.807, 2.05) is 12.1 Å². The Hall–Kier alpha value is -1.35. The number of hydrogen-bond acceptors (Lipinski definition) is 3. The Bertz CT molecular complexity index is 408. The molecule has 0 saturated carbocycles. The molecule has 0 aliphatic carbocycles. The quantitative estimate of drug-likeness (QED) is 0.766. The number of ether oxygens (including phenoxy) is 1. The third-order valence-electron chi connectivity index (χ3n) is 3.81. The maximum atomic E-state index is 10.9. The lowest BCUT2D eigenvalue weighted by atomic mass is 10.1. The van der Waals surface area contributed by atoms with E-state index in [4.69, 9.17) is 4.74 Å². The van der Waals surface area contributed by atoms with Crippen LogP contribution in [0.2, 0.25) is 0 Å². The average molecular weight is 275 g/mol. The predicted octanol–water partition coefficient (Wildman–Crippen LogP) is 3.07. The molecular formula is C17H25NO2.